The second kappa shape index (κ2) is 6.76. The summed E-state index contributed by atoms with van der Waals surface area (Å²) in [7, 11) is 0. The Morgan fingerprint density at radius 1 is 1.50 bits per heavy atom. The number of rotatable bonds is 4. The molecule has 0 spiro atoms. The van der Waals surface area contributed by atoms with Gasteiger partial charge in [0.15, 0.2) is 0 Å². The van der Waals surface area contributed by atoms with Crippen LogP contribution in [-0.4, -0.2) is 32.8 Å². The number of nitrogens with zero attached hydrogens (tertiary/aromatic N) is 2. The fourth-order valence-electron chi connectivity index (χ4n) is 1.50. The SMILES string of the molecule is C[C@@H](SC1=NCCS1)C(=O)Nc1ccc([N+](=O)[O-])cc1. The molecule has 1 aromatic carbocycles. The molecule has 0 saturated carbocycles. The van der Waals surface area contributed by atoms with Crippen LogP contribution in [0.1, 0.15) is 6.92 Å². The Kier molecular flexibility index (Phi) is 5.02. The van der Waals surface area contributed by atoms with Gasteiger partial charge in [0.2, 0.25) is 5.91 Å². The van der Waals surface area contributed by atoms with Crippen molar-refractivity contribution in [3.8, 4) is 0 Å². The summed E-state index contributed by atoms with van der Waals surface area (Å²) in [6.07, 6.45) is 0. The molecule has 0 aromatic heterocycles. The number of amides is 1. The molecule has 0 fully saturated rings. The quantitative estimate of drug-likeness (QED) is 0.682. The van der Waals surface area contributed by atoms with Crippen molar-refractivity contribution in [2.75, 3.05) is 17.6 Å². The molecule has 1 aliphatic heterocycles. The van der Waals surface area contributed by atoms with Crippen LogP contribution in [0.2, 0.25) is 0 Å². The Morgan fingerprint density at radius 3 is 2.75 bits per heavy atom. The predicted octanol–water partition coefficient (Wildman–Crippen LogP) is 2.76. The van der Waals surface area contributed by atoms with Crippen molar-refractivity contribution < 1.29 is 9.72 Å². The van der Waals surface area contributed by atoms with Crippen molar-refractivity contribution in [3.05, 3.63) is 34.4 Å². The molecule has 0 unspecified atom stereocenters. The largest absolute Gasteiger partial charge is 0.325 e. The summed E-state index contributed by atoms with van der Waals surface area (Å²) in [5, 5.41) is 13.0. The van der Waals surface area contributed by atoms with Crippen molar-refractivity contribution >= 4 is 45.2 Å². The first-order chi connectivity index (χ1) is 9.56. The molecule has 0 saturated heterocycles. The standard InChI is InChI=1S/C12H13N3O3S2/c1-8(20-12-13-6-7-19-12)11(16)14-9-2-4-10(5-3-9)15(17)18/h2-5,8H,6-7H2,1H3,(H,14,16)/t8-/m1/s1. The molecule has 1 atom stereocenters. The zero-order valence-corrected chi connectivity index (χ0v) is 12.4. The van der Waals surface area contributed by atoms with Crippen LogP contribution in [0, 0.1) is 10.1 Å². The van der Waals surface area contributed by atoms with Gasteiger partial charge in [-0.15, -0.1) is 0 Å². The van der Waals surface area contributed by atoms with Gasteiger partial charge in [0.05, 0.1) is 16.7 Å². The number of thioether (sulfide) groups is 2. The summed E-state index contributed by atoms with van der Waals surface area (Å²) in [4.78, 5) is 26.3. The average Bonchev–Trinajstić information content (AvgIpc) is 2.92. The van der Waals surface area contributed by atoms with E-state index in [1.807, 2.05) is 6.92 Å². The topological polar surface area (TPSA) is 84.6 Å². The van der Waals surface area contributed by atoms with Crippen LogP contribution in [0.25, 0.3) is 0 Å². The summed E-state index contributed by atoms with van der Waals surface area (Å²) in [5.74, 6) is 0.831. The number of nitrogens with one attached hydrogen (secondary N) is 1. The second-order valence-corrected chi connectivity index (χ2v) is 6.72. The molecule has 0 radical (unpaired) electrons. The minimum absolute atomic E-state index is 0.00198. The fourth-order valence-corrected chi connectivity index (χ4v) is 3.63. The van der Waals surface area contributed by atoms with Crippen molar-refractivity contribution in [2.45, 2.75) is 12.2 Å². The van der Waals surface area contributed by atoms with E-state index in [0.29, 0.717) is 5.69 Å². The molecule has 1 heterocycles. The van der Waals surface area contributed by atoms with Crippen molar-refractivity contribution in [1.29, 1.82) is 0 Å². The van der Waals surface area contributed by atoms with Gasteiger partial charge >= 0.3 is 0 Å². The summed E-state index contributed by atoms with van der Waals surface area (Å²) in [6.45, 7) is 2.62. The monoisotopic (exact) mass is 311 g/mol. The first-order valence-electron chi connectivity index (χ1n) is 5.95. The normalized spacial score (nSPS) is 15.6. The average molecular weight is 311 g/mol. The Balaban J connectivity index is 1.91. The lowest BCUT2D eigenvalue weighted by Gasteiger charge is -2.11. The van der Waals surface area contributed by atoms with E-state index in [2.05, 4.69) is 10.3 Å². The zero-order valence-electron chi connectivity index (χ0n) is 10.7. The van der Waals surface area contributed by atoms with Crippen LogP contribution >= 0.6 is 23.5 Å². The first kappa shape index (κ1) is 14.9. The van der Waals surface area contributed by atoms with E-state index in [-0.39, 0.29) is 16.8 Å². The molecule has 1 aromatic rings. The molecular formula is C12H13N3O3S2. The van der Waals surface area contributed by atoms with Crippen LogP contribution in [0.15, 0.2) is 29.3 Å². The van der Waals surface area contributed by atoms with E-state index in [1.165, 1.54) is 36.0 Å². The van der Waals surface area contributed by atoms with Crippen molar-refractivity contribution in [1.82, 2.24) is 0 Å². The summed E-state index contributed by atoms with van der Waals surface area (Å²) < 4.78 is 0.941. The van der Waals surface area contributed by atoms with Crippen molar-refractivity contribution in [3.63, 3.8) is 0 Å². The smallest absolute Gasteiger partial charge is 0.269 e. The Morgan fingerprint density at radius 2 is 2.20 bits per heavy atom. The molecular weight excluding hydrogens is 298 g/mol. The van der Waals surface area contributed by atoms with Crippen LogP contribution in [0.5, 0.6) is 0 Å². The zero-order chi connectivity index (χ0) is 14.5. The minimum Gasteiger partial charge on any atom is -0.325 e. The van der Waals surface area contributed by atoms with Gasteiger partial charge in [-0.05, 0) is 19.1 Å². The Hall–Kier alpha value is -1.54. The van der Waals surface area contributed by atoms with Crippen LogP contribution in [0.4, 0.5) is 11.4 Å². The summed E-state index contributed by atoms with van der Waals surface area (Å²) >= 11 is 3.09. The van der Waals surface area contributed by atoms with E-state index in [1.54, 1.807) is 11.8 Å². The lowest BCUT2D eigenvalue weighted by molar-refractivity contribution is -0.384. The van der Waals surface area contributed by atoms with Gasteiger partial charge in [-0.2, -0.15) is 0 Å². The van der Waals surface area contributed by atoms with Gasteiger partial charge in [-0.1, -0.05) is 23.5 Å². The van der Waals surface area contributed by atoms with Gasteiger partial charge < -0.3 is 5.32 Å². The molecule has 106 valence electrons. The van der Waals surface area contributed by atoms with Gasteiger partial charge in [0, 0.05) is 23.6 Å². The number of non-ortho nitro benzene ring substituents is 1. The number of carbonyl (C=O) groups is 1. The summed E-state index contributed by atoms with van der Waals surface area (Å²) in [6, 6.07) is 5.78. The molecule has 8 heteroatoms. The maximum Gasteiger partial charge on any atom is 0.269 e. The number of anilines is 1. The van der Waals surface area contributed by atoms with Crippen LogP contribution in [-0.2, 0) is 4.79 Å². The molecule has 20 heavy (non-hydrogen) atoms. The summed E-state index contributed by atoms with van der Waals surface area (Å²) in [5.41, 5.74) is 0.552. The number of nitro groups is 1. The maximum absolute atomic E-state index is 12.0. The van der Waals surface area contributed by atoms with Gasteiger partial charge in [0.1, 0.15) is 4.38 Å². The molecule has 1 aliphatic rings. The fraction of sp³-hybridized carbons (Fsp3) is 0.333. The number of nitro benzene ring substituents is 1. The number of aliphatic imine (C=N–C) groups is 1. The maximum atomic E-state index is 12.0. The Bertz CT molecular complexity index is 545. The van der Waals surface area contributed by atoms with Gasteiger partial charge in [0.25, 0.3) is 5.69 Å². The third-order valence-electron chi connectivity index (χ3n) is 2.55. The molecule has 0 bridgehead atoms. The predicted molar refractivity (Wildman–Crippen MR) is 83.5 cm³/mol. The number of carbonyl (C=O) groups excluding carboxylic acids is 1. The second-order valence-electron chi connectivity index (χ2n) is 4.05. The molecule has 1 N–H and O–H groups in total. The van der Waals surface area contributed by atoms with Crippen molar-refractivity contribution in [2.24, 2.45) is 4.99 Å². The highest BCUT2D eigenvalue weighted by Gasteiger charge is 2.19. The third-order valence-corrected chi connectivity index (χ3v) is 4.85. The highest BCUT2D eigenvalue weighted by molar-refractivity contribution is 8.39. The number of benzene rings is 1. The highest BCUT2D eigenvalue weighted by Crippen LogP contribution is 2.26. The molecule has 1 amide bonds. The van der Waals surface area contributed by atoms with Gasteiger partial charge in [-0.25, -0.2) is 0 Å². The number of hydrogen-bond acceptors (Lipinski definition) is 6. The molecule has 0 aliphatic carbocycles. The molecule has 6 nitrogen and oxygen atoms in total. The number of hydrogen-bond donors (Lipinski definition) is 1. The van der Waals surface area contributed by atoms with Crippen LogP contribution in [0.3, 0.4) is 0 Å². The minimum atomic E-state index is -0.473. The van der Waals surface area contributed by atoms with E-state index in [0.717, 1.165) is 16.7 Å². The van der Waals surface area contributed by atoms with E-state index < -0.39 is 4.92 Å². The lowest BCUT2D eigenvalue weighted by atomic mass is 10.3. The highest BCUT2D eigenvalue weighted by atomic mass is 32.2. The van der Waals surface area contributed by atoms with E-state index in [9.17, 15) is 14.9 Å². The first-order valence-corrected chi connectivity index (χ1v) is 7.82. The lowest BCUT2D eigenvalue weighted by Crippen LogP contribution is -2.23. The van der Waals surface area contributed by atoms with E-state index >= 15 is 0 Å². The molecule has 2 rings (SSSR count). The third kappa shape index (κ3) is 3.97. The van der Waals surface area contributed by atoms with Gasteiger partial charge in [-0.3, -0.25) is 19.9 Å². The Labute approximate surface area is 124 Å². The van der Waals surface area contributed by atoms with E-state index in [4.69, 9.17) is 0 Å². The van der Waals surface area contributed by atoms with Crippen LogP contribution < -0.4 is 5.32 Å².